The fraction of sp³-hybridized carbons (Fsp3) is 0.350. The minimum absolute atomic E-state index is 0.226. The van der Waals surface area contributed by atoms with Crippen LogP contribution in [-0.2, 0) is 17.5 Å². The van der Waals surface area contributed by atoms with E-state index in [0.29, 0.717) is 23.2 Å². The molecule has 1 heterocycles. The average molecular weight is 363 g/mol. The lowest BCUT2D eigenvalue weighted by Crippen LogP contribution is -2.24. The highest BCUT2D eigenvalue weighted by Gasteiger charge is 2.36. The molecular formula is C20H20F3NO2. The van der Waals surface area contributed by atoms with Gasteiger partial charge in [0.25, 0.3) is 0 Å². The third-order valence-corrected chi connectivity index (χ3v) is 4.59. The van der Waals surface area contributed by atoms with Crippen LogP contribution in [0.3, 0.4) is 0 Å². The van der Waals surface area contributed by atoms with Gasteiger partial charge in [0.1, 0.15) is 11.5 Å². The monoisotopic (exact) mass is 363 g/mol. The standard InChI is InChI=1S/C20H20F3NO2/c1-13-11-17(13)18-9-7-16(26-18)8-10-19(25)24(2)12-14-3-5-15(6-4-14)20(21,22)23/h3-10,13,17H,11-12H2,1-2H3. The number of alkyl halides is 3. The molecule has 2 atom stereocenters. The third kappa shape index (κ3) is 4.36. The molecule has 2 aromatic rings. The van der Waals surface area contributed by atoms with E-state index in [4.69, 9.17) is 4.42 Å². The van der Waals surface area contributed by atoms with Gasteiger partial charge in [-0.2, -0.15) is 13.2 Å². The van der Waals surface area contributed by atoms with Gasteiger partial charge >= 0.3 is 6.18 Å². The Morgan fingerprint density at radius 3 is 2.46 bits per heavy atom. The van der Waals surface area contributed by atoms with Crippen LogP contribution in [0.25, 0.3) is 6.08 Å². The van der Waals surface area contributed by atoms with Gasteiger partial charge in [0, 0.05) is 25.6 Å². The zero-order valence-electron chi connectivity index (χ0n) is 14.6. The number of benzene rings is 1. The molecule has 1 aliphatic carbocycles. The first-order chi connectivity index (χ1) is 12.2. The van der Waals surface area contributed by atoms with Gasteiger partial charge in [0.15, 0.2) is 0 Å². The second kappa shape index (κ2) is 7.02. The number of rotatable bonds is 5. The molecule has 1 amide bonds. The fourth-order valence-corrected chi connectivity index (χ4v) is 2.81. The number of furan rings is 1. The number of amides is 1. The lowest BCUT2D eigenvalue weighted by molar-refractivity contribution is -0.137. The fourth-order valence-electron chi connectivity index (χ4n) is 2.81. The highest BCUT2D eigenvalue weighted by Crippen LogP contribution is 2.47. The molecular weight excluding hydrogens is 343 g/mol. The predicted octanol–water partition coefficient (Wildman–Crippen LogP) is 5.09. The molecule has 3 nitrogen and oxygen atoms in total. The molecule has 138 valence electrons. The maximum absolute atomic E-state index is 12.6. The molecule has 0 spiro atoms. The SMILES string of the molecule is CC1CC1c1ccc(C=CC(=O)N(C)Cc2ccc(C(F)(F)F)cc2)o1. The summed E-state index contributed by atoms with van der Waals surface area (Å²) in [4.78, 5) is 13.6. The van der Waals surface area contributed by atoms with Gasteiger partial charge in [-0.05, 0) is 48.2 Å². The second-order valence-corrected chi connectivity index (χ2v) is 6.78. The maximum atomic E-state index is 12.6. The van der Waals surface area contributed by atoms with Crippen LogP contribution in [0.4, 0.5) is 13.2 Å². The van der Waals surface area contributed by atoms with Crippen molar-refractivity contribution in [2.75, 3.05) is 7.05 Å². The summed E-state index contributed by atoms with van der Waals surface area (Å²) >= 11 is 0. The molecule has 1 fully saturated rings. The molecule has 6 heteroatoms. The van der Waals surface area contributed by atoms with Crippen LogP contribution in [0.1, 0.15) is 41.9 Å². The Kier molecular flexibility index (Phi) is 4.94. The molecule has 1 aromatic heterocycles. The van der Waals surface area contributed by atoms with Crippen molar-refractivity contribution in [2.45, 2.75) is 32.0 Å². The molecule has 0 bridgehead atoms. The van der Waals surface area contributed by atoms with Crippen molar-refractivity contribution in [1.29, 1.82) is 0 Å². The van der Waals surface area contributed by atoms with Crippen molar-refractivity contribution < 1.29 is 22.4 Å². The largest absolute Gasteiger partial charge is 0.461 e. The number of carbonyl (C=O) groups excluding carboxylic acids is 1. The molecule has 0 N–H and O–H groups in total. The van der Waals surface area contributed by atoms with Crippen molar-refractivity contribution in [2.24, 2.45) is 5.92 Å². The predicted molar refractivity (Wildman–Crippen MR) is 92.2 cm³/mol. The maximum Gasteiger partial charge on any atom is 0.416 e. The van der Waals surface area contributed by atoms with Crippen molar-refractivity contribution in [1.82, 2.24) is 4.90 Å². The van der Waals surface area contributed by atoms with E-state index in [1.165, 1.54) is 23.1 Å². The summed E-state index contributed by atoms with van der Waals surface area (Å²) in [6.45, 7) is 2.40. The van der Waals surface area contributed by atoms with Gasteiger partial charge in [0.05, 0.1) is 5.56 Å². The van der Waals surface area contributed by atoms with Gasteiger partial charge in [-0.15, -0.1) is 0 Å². The van der Waals surface area contributed by atoms with E-state index >= 15 is 0 Å². The number of hydrogen-bond donors (Lipinski definition) is 0. The summed E-state index contributed by atoms with van der Waals surface area (Å²) in [6.07, 6.45) is -0.209. The van der Waals surface area contributed by atoms with Crippen LogP contribution in [0.2, 0.25) is 0 Å². The molecule has 0 aliphatic heterocycles. The van der Waals surface area contributed by atoms with Crippen molar-refractivity contribution in [3.8, 4) is 0 Å². The van der Waals surface area contributed by atoms with Crippen LogP contribution >= 0.6 is 0 Å². The first-order valence-electron chi connectivity index (χ1n) is 8.43. The van der Waals surface area contributed by atoms with Crippen LogP contribution in [-0.4, -0.2) is 17.9 Å². The molecule has 1 saturated carbocycles. The van der Waals surface area contributed by atoms with E-state index in [9.17, 15) is 18.0 Å². The molecule has 0 radical (unpaired) electrons. The first kappa shape index (κ1) is 18.3. The summed E-state index contributed by atoms with van der Waals surface area (Å²) in [5.41, 5.74) is -0.0704. The molecule has 3 rings (SSSR count). The Bertz CT molecular complexity index is 805. The Labute approximate surface area is 150 Å². The average Bonchev–Trinajstić information content (AvgIpc) is 3.13. The topological polar surface area (TPSA) is 33.5 Å². The van der Waals surface area contributed by atoms with E-state index < -0.39 is 11.7 Å². The van der Waals surface area contributed by atoms with Crippen molar-refractivity contribution in [3.63, 3.8) is 0 Å². The molecule has 1 aromatic carbocycles. The van der Waals surface area contributed by atoms with Gasteiger partial charge in [0.2, 0.25) is 5.91 Å². The Morgan fingerprint density at radius 2 is 1.88 bits per heavy atom. The van der Waals surface area contributed by atoms with Gasteiger partial charge in [-0.3, -0.25) is 4.79 Å². The lowest BCUT2D eigenvalue weighted by Gasteiger charge is -2.15. The summed E-state index contributed by atoms with van der Waals surface area (Å²) in [7, 11) is 1.60. The van der Waals surface area contributed by atoms with Gasteiger partial charge in [-0.1, -0.05) is 19.1 Å². The second-order valence-electron chi connectivity index (χ2n) is 6.78. The quantitative estimate of drug-likeness (QED) is 0.693. The number of carbonyl (C=O) groups is 1. The van der Waals surface area contributed by atoms with Crippen molar-refractivity contribution in [3.05, 3.63) is 65.1 Å². The first-order valence-corrected chi connectivity index (χ1v) is 8.43. The van der Waals surface area contributed by atoms with Crippen LogP contribution in [0.5, 0.6) is 0 Å². The Balaban J connectivity index is 1.56. The van der Waals surface area contributed by atoms with Gasteiger partial charge < -0.3 is 9.32 Å². The lowest BCUT2D eigenvalue weighted by atomic mass is 10.1. The van der Waals surface area contributed by atoms with E-state index in [1.807, 2.05) is 12.1 Å². The Hall–Kier alpha value is -2.50. The molecule has 0 saturated heterocycles. The summed E-state index contributed by atoms with van der Waals surface area (Å²) in [6, 6.07) is 8.57. The molecule has 1 aliphatic rings. The minimum atomic E-state index is -4.36. The van der Waals surface area contributed by atoms with E-state index in [-0.39, 0.29) is 12.5 Å². The highest BCUT2D eigenvalue weighted by atomic mass is 19.4. The number of hydrogen-bond acceptors (Lipinski definition) is 2. The van der Waals surface area contributed by atoms with E-state index in [1.54, 1.807) is 13.1 Å². The Morgan fingerprint density at radius 1 is 1.23 bits per heavy atom. The van der Waals surface area contributed by atoms with Crippen molar-refractivity contribution >= 4 is 12.0 Å². The zero-order valence-corrected chi connectivity index (χ0v) is 14.6. The van der Waals surface area contributed by atoms with Crippen LogP contribution < -0.4 is 0 Å². The zero-order chi connectivity index (χ0) is 18.9. The smallest absolute Gasteiger partial charge is 0.416 e. The minimum Gasteiger partial charge on any atom is -0.461 e. The van der Waals surface area contributed by atoms with Crippen LogP contribution in [0, 0.1) is 5.92 Å². The third-order valence-electron chi connectivity index (χ3n) is 4.59. The molecule has 2 unspecified atom stereocenters. The number of nitrogens with zero attached hydrogens (tertiary/aromatic N) is 1. The molecule has 26 heavy (non-hydrogen) atoms. The number of likely N-dealkylation sites (N-methyl/N-ethyl adjacent to an activating group) is 1. The summed E-state index contributed by atoms with van der Waals surface area (Å²) < 4.78 is 43.4. The highest BCUT2D eigenvalue weighted by molar-refractivity contribution is 5.91. The number of halogens is 3. The normalized spacial score (nSPS) is 19.7. The van der Waals surface area contributed by atoms with Crippen LogP contribution in [0.15, 0.2) is 46.9 Å². The van der Waals surface area contributed by atoms with Gasteiger partial charge in [-0.25, -0.2) is 0 Å². The van der Waals surface area contributed by atoms with E-state index in [0.717, 1.165) is 24.3 Å². The summed E-state index contributed by atoms with van der Waals surface area (Å²) in [5.74, 6) is 2.45. The van der Waals surface area contributed by atoms with E-state index in [2.05, 4.69) is 6.92 Å². The summed E-state index contributed by atoms with van der Waals surface area (Å²) in [5, 5.41) is 0.